The molecule has 0 fully saturated rings. The molecule has 0 bridgehead atoms. The second kappa shape index (κ2) is 4.49. The topological polar surface area (TPSA) is 39.2 Å². The van der Waals surface area contributed by atoms with Gasteiger partial charge in [0.25, 0.3) is 0 Å². The molecule has 2 aromatic rings. The number of hydrogen-bond acceptors (Lipinski definition) is 3. The molecule has 0 unspecified atom stereocenters. The van der Waals surface area contributed by atoms with Crippen LogP contribution in [0.2, 0.25) is 0 Å². The Hall–Kier alpha value is -1.97. The average molecular weight is 233 g/mol. The molecular formula is C13H12FNO2. The Balaban J connectivity index is 2.67. The fourth-order valence-corrected chi connectivity index (χ4v) is 1.71. The molecule has 0 atom stereocenters. The highest BCUT2D eigenvalue weighted by atomic mass is 19.1. The summed E-state index contributed by atoms with van der Waals surface area (Å²) in [5.74, 6) is -0.845. The van der Waals surface area contributed by atoms with Gasteiger partial charge in [0.05, 0.1) is 17.7 Å². The van der Waals surface area contributed by atoms with Gasteiger partial charge >= 0.3 is 5.97 Å². The molecule has 1 aromatic carbocycles. The largest absolute Gasteiger partial charge is 0.462 e. The summed E-state index contributed by atoms with van der Waals surface area (Å²) in [4.78, 5) is 16.0. The van der Waals surface area contributed by atoms with E-state index in [0.717, 1.165) is 0 Å². The summed E-state index contributed by atoms with van der Waals surface area (Å²) in [6.45, 7) is 3.80. The van der Waals surface area contributed by atoms with Gasteiger partial charge in [-0.15, -0.1) is 0 Å². The molecule has 1 aromatic heterocycles. The van der Waals surface area contributed by atoms with Crippen molar-refractivity contribution in [2.75, 3.05) is 6.61 Å². The van der Waals surface area contributed by atoms with E-state index in [-0.39, 0.29) is 6.61 Å². The van der Waals surface area contributed by atoms with Crippen molar-refractivity contribution < 1.29 is 13.9 Å². The molecule has 88 valence electrons. The Morgan fingerprint density at radius 3 is 2.88 bits per heavy atom. The Morgan fingerprint density at radius 2 is 2.18 bits per heavy atom. The Labute approximate surface area is 98.2 Å². The molecule has 0 spiro atoms. The van der Waals surface area contributed by atoms with Gasteiger partial charge in [-0.25, -0.2) is 9.18 Å². The first kappa shape index (κ1) is 11.5. The highest BCUT2D eigenvalue weighted by Gasteiger charge is 2.13. The van der Waals surface area contributed by atoms with Crippen molar-refractivity contribution in [1.82, 2.24) is 4.98 Å². The van der Waals surface area contributed by atoms with Gasteiger partial charge in [0.1, 0.15) is 5.82 Å². The number of esters is 1. The van der Waals surface area contributed by atoms with Crippen LogP contribution in [0, 0.1) is 12.7 Å². The Kier molecular flexibility index (Phi) is 3.04. The van der Waals surface area contributed by atoms with Gasteiger partial charge in [-0.3, -0.25) is 4.98 Å². The van der Waals surface area contributed by atoms with E-state index in [1.165, 1.54) is 12.1 Å². The number of carbonyl (C=O) groups excluding carboxylic acids is 1. The van der Waals surface area contributed by atoms with Crippen LogP contribution in [0.5, 0.6) is 0 Å². The minimum atomic E-state index is -0.450. The Bertz CT molecular complexity index is 581. The van der Waals surface area contributed by atoms with Gasteiger partial charge in [-0.1, -0.05) is 0 Å². The minimum absolute atomic E-state index is 0.289. The van der Waals surface area contributed by atoms with Crippen LogP contribution in [0.1, 0.15) is 23.0 Å². The van der Waals surface area contributed by atoms with Gasteiger partial charge in [0.2, 0.25) is 0 Å². The standard InChI is InChI=1S/C13H12FNO2/c1-3-17-13(16)11-6-8(2)15-12-5-4-9(14)7-10(11)12/h4-7H,3H2,1-2H3. The van der Waals surface area contributed by atoms with Crippen LogP contribution in [-0.2, 0) is 4.74 Å². The molecule has 3 nitrogen and oxygen atoms in total. The normalized spacial score (nSPS) is 10.5. The van der Waals surface area contributed by atoms with Gasteiger partial charge in [-0.05, 0) is 38.1 Å². The zero-order valence-electron chi connectivity index (χ0n) is 9.66. The molecular weight excluding hydrogens is 221 g/mol. The maximum Gasteiger partial charge on any atom is 0.338 e. The number of pyridine rings is 1. The first-order valence-electron chi connectivity index (χ1n) is 5.36. The Morgan fingerprint density at radius 1 is 1.41 bits per heavy atom. The van der Waals surface area contributed by atoms with E-state index in [1.54, 1.807) is 26.0 Å². The van der Waals surface area contributed by atoms with E-state index in [0.29, 0.717) is 22.2 Å². The minimum Gasteiger partial charge on any atom is -0.462 e. The number of benzene rings is 1. The van der Waals surface area contributed by atoms with Crippen molar-refractivity contribution >= 4 is 16.9 Å². The average Bonchev–Trinajstić information content (AvgIpc) is 2.29. The second-order valence-corrected chi connectivity index (χ2v) is 3.69. The van der Waals surface area contributed by atoms with Crippen LogP contribution in [0.15, 0.2) is 24.3 Å². The van der Waals surface area contributed by atoms with Crippen LogP contribution >= 0.6 is 0 Å². The first-order valence-corrected chi connectivity index (χ1v) is 5.36. The monoisotopic (exact) mass is 233 g/mol. The molecule has 0 amide bonds. The number of fused-ring (bicyclic) bond motifs is 1. The number of aryl methyl sites for hydroxylation is 1. The van der Waals surface area contributed by atoms with E-state index in [2.05, 4.69) is 4.98 Å². The summed E-state index contributed by atoms with van der Waals surface area (Å²) < 4.78 is 18.1. The van der Waals surface area contributed by atoms with Gasteiger partial charge in [0.15, 0.2) is 0 Å². The number of carbonyl (C=O) groups is 1. The zero-order valence-corrected chi connectivity index (χ0v) is 9.66. The summed E-state index contributed by atoms with van der Waals surface area (Å²) in [7, 11) is 0. The van der Waals surface area contributed by atoms with E-state index in [1.807, 2.05) is 0 Å². The first-order chi connectivity index (χ1) is 8.11. The van der Waals surface area contributed by atoms with Crippen LogP contribution in [0.25, 0.3) is 10.9 Å². The molecule has 1 heterocycles. The summed E-state index contributed by atoms with van der Waals surface area (Å²) in [5, 5.41) is 0.481. The van der Waals surface area contributed by atoms with Crippen LogP contribution in [0.3, 0.4) is 0 Å². The fourth-order valence-electron chi connectivity index (χ4n) is 1.71. The van der Waals surface area contributed by atoms with Crippen LogP contribution in [-0.4, -0.2) is 17.6 Å². The van der Waals surface area contributed by atoms with Crippen molar-refractivity contribution in [3.8, 4) is 0 Å². The third-order valence-corrected chi connectivity index (χ3v) is 2.39. The lowest BCUT2D eigenvalue weighted by molar-refractivity contribution is 0.0528. The molecule has 0 aliphatic carbocycles. The molecule has 0 saturated carbocycles. The van der Waals surface area contributed by atoms with Crippen LogP contribution < -0.4 is 0 Å². The van der Waals surface area contributed by atoms with Crippen molar-refractivity contribution in [2.45, 2.75) is 13.8 Å². The third-order valence-electron chi connectivity index (χ3n) is 2.39. The maximum atomic E-state index is 13.2. The predicted octanol–water partition coefficient (Wildman–Crippen LogP) is 2.86. The summed E-state index contributed by atoms with van der Waals surface area (Å²) >= 11 is 0. The molecule has 2 rings (SSSR count). The third kappa shape index (κ3) is 2.25. The lowest BCUT2D eigenvalue weighted by Crippen LogP contribution is -2.06. The van der Waals surface area contributed by atoms with Crippen molar-refractivity contribution in [3.05, 3.63) is 41.3 Å². The van der Waals surface area contributed by atoms with Gasteiger partial charge in [0, 0.05) is 11.1 Å². The number of aromatic nitrogens is 1. The molecule has 0 saturated heterocycles. The van der Waals surface area contributed by atoms with Crippen molar-refractivity contribution in [2.24, 2.45) is 0 Å². The molecule has 0 aliphatic heterocycles. The predicted molar refractivity (Wildman–Crippen MR) is 62.4 cm³/mol. The molecule has 0 radical (unpaired) electrons. The van der Waals surface area contributed by atoms with E-state index in [9.17, 15) is 9.18 Å². The number of ether oxygens (including phenoxy) is 1. The second-order valence-electron chi connectivity index (χ2n) is 3.69. The van der Waals surface area contributed by atoms with Crippen LogP contribution in [0.4, 0.5) is 4.39 Å². The number of rotatable bonds is 2. The number of halogens is 1. The summed E-state index contributed by atoms with van der Waals surface area (Å²) in [6, 6.07) is 5.79. The van der Waals surface area contributed by atoms with E-state index >= 15 is 0 Å². The lowest BCUT2D eigenvalue weighted by atomic mass is 10.1. The van der Waals surface area contributed by atoms with Crippen molar-refractivity contribution in [1.29, 1.82) is 0 Å². The van der Waals surface area contributed by atoms with Gasteiger partial charge < -0.3 is 4.74 Å². The lowest BCUT2D eigenvalue weighted by Gasteiger charge is -2.07. The fraction of sp³-hybridized carbons (Fsp3) is 0.231. The maximum absolute atomic E-state index is 13.2. The van der Waals surface area contributed by atoms with Gasteiger partial charge in [-0.2, -0.15) is 0 Å². The highest BCUT2D eigenvalue weighted by molar-refractivity contribution is 6.03. The highest BCUT2D eigenvalue weighted by Crippen LogP contribution is 2.20. The molecule has 0 aliphatic rings. The van der Waals surface area contributed by atoms with Crippen molar-refractivity contribution in [3.63, 3.8) is 0 Å². The molecule has 4 heteroatoms. The van der Waals surface area contributed by atoms with E-state index in [4.69, 9.17) is 4.74 Å². The number of hydrogen-bond donors (Lipinski definition) is 0. The zero-order chi connectivity index (χ0) is 12.4. The molecule has 0 N–H and O–H groups in total. The number of nitrogens with zero attached hydrogens (tertiary/aromatic N) is 1. The quantitative estimate of drug-likeness (QED) is 0.749. The summed E-state index contributed by atoms with van der Waals surface area (Å²) in [5.41, 5.74) is 1.65. The van der Waals surface area contributed by atoms with E-state index < -0.39 is 11.8 Å². The molecule has 17 heavy (non-hydrogen) atoms. The smallest absolute Gasteiger partial charge is 0.338 e. The SMILES string of the molecule is CCOC(=O)c1cc(C)nc2ccc(F)cc12. The summed E-state index contributed by atoms with van der Waals surface area (Å²) in [6.07, 6.45) is 0.